The molecule has 1 aromatic rings. The maximum absolute atomic E-state index is 12.7. The fraction of sp³-hybridized carbons (Fsp3) is 0.611. The zero-order valence-corrected chi connectivity index (χ0v) is 16.0. The highest BCUT2D eigenvalue weighted by atomic mass is 35.5. The number of hydrogen-bond donors (Lipinski definition) is 0. The molecule has 0 bridgehead atoms. The zero-order valence-electron chi connectivity index (χ0n) is 14.3. The van der Waals surface area contributed by atoms with Crippen molar-refractivity contribution in [3.63, 3.8) is 0 Å². The monoisotopic (exact) mass is 338 g/mol. The second kappa shape index (κ2) is 6.46. The summed E-state index contributed by atoms with van der Waals surface area (Å²) >= 11 is 5.91. The van der Waals surface area contributed by atoms with Crippen LogP contribution in [0, 0.1) is 5.92 Å². The van der Waals surface area contributed by atoms with Crippen LogP contribution in [0.3, 0.4) is 0 Å². The third-order valence-electron chi connectivity index (χ3n) is 5.14. The molecule has 0 aromatic heterocycles. The van der Waals surface area contributed by atoms with Crippen LogP contribution in [-0.2, 0) is 15.6 Å². The van der Waals surface area contributed by atoms with Crippen LogP contribution in [0.2, 0.25) is 23.2 Å². The third-order valence-corrected chi connectivity index (χ3v) is 9.87. The van der Waals surface area contributed by atoms with Crippen LogP contribution in [0.15, 0.2) is 24.3 Å². The van der Waals surface area contributed by atoms with Gasteiger partial charge in [-0.2, -0.15) is 0 Å². The molecule has 0 heterocycles. The van der Waals surface area contributed by atoms with Gasteiger partial charge in [0.2, 0.25) is 0 Å². The summed E-state index contributed by atoms with van der Waals surface area (Å²) in [6.07, 6.45) is 2.40. The highest BCUT2D eigenvalue weighted by molar-refractivity contribution is 6.74. The first-order valence-corrected chi connectivity index (χ1v) is 11.3. The van der Waals surface area contributed by atoms with Gasteiger partial charge < -0.3 is 4.43 Å². The first kappa shape index (κ1) is 17.7. The van der Waals surface area contributed by atoms with Gasteiger partial charge >= 0.3 is 0 Å². The Kier molecular flexibility index (Phi) is 5.20. The molecule has 1 aliphatic rings. The molecule has 0 amide bonds. The second-order valence-electron chi connectivity index (χ2n) is 7.87. The first-order chi connectivity index (χ1) is 10.1. The van der Waals surface area contributed by atoms with Crippen molar-refractivity contribution < 1.29 is 9.22 Å². The van der Waals surface area contributed by atoms with Crippen LogP contribution in [0.4, 0.5) is 0 Å². The standard InChI is InChI=1S/C18H27ClO2Si/c1-18(2,3)22(4,5)21-16-11-8-14(17(16)20)12-13-6-9-15(19)10-7-13/h6-7,9-10,14,16H,8,11-12H2,1-5H3/t14?,16-/m0/s1. The summed E-state index contributed by atoms with van der Waals surface area (Å²) in [6.45, 7) is 11.1. The van der Waals surface area contributed by atoms with Crippen molar-refractivity contribution in [2.45, 2.75) is 64.3 Å². The van der Waals surface area contributed by atoms with Crippen LogP contribution in [-0.4, -0.2) is 20.2 Å². The Balaban J connectivity index is 1.99. The molecular formula is C18H27ClO2Si. The van der Waals surface area contributed by atoms with E-state index in [4.69, 9.17) is 16.0 Å². The lowest BCUT2D eigenvalue weighted by atomic mass is 9.97. The van der Waals surface area contributed by atoms with Crippen LogP contribution >= 0.6 is 11.6 Å². The third kappa shape index (κ3) is 4.00. The molecule has 0 spiro atoms. The SMILES string of the molecule is CC(C)(C)[Si](C)(C)O[C@H]1CCC(Cc2ccc(Cl)cc2)C1=O. The van der Waals surface area contributed by atoms with Gasteiger partial charge in [0.1, 0.15) is 6.10 Å². The molecule has 1 aliphatic carbocycles. The van der Waals surface area contributed by atoms with Gasteiger partial charge in [-0.05, 0) is 55.1 Å². The molecule has 0 saturated heterocycles. The highest BCUT2D eigenvalue weighted by Gasteiger charge is 2.43. The number of rotatable bonds is 4. The fourth-order valence-corrected chi connectivity index (χ4v) is 4.08. The molecule has 22 heavy (non-hydrogen) atoms. The summed E-state index contributed by atoms with van der Waals surface area (Å²) in [5, 5.41) is 0.877. The van der Waals surface area contributed by atoms with Gasteiger partial charge in [-0.3, -0.25) is 4.79 Å². The summed E-state index contributed by atoms with van der Waals surface area (Å²) in [5.41, 5.74) is 1.18. The Hall–Kier alpha value is -0.643. The Bertz CT molecular complexity index is 531. The molecule has 1 fully saturated rings. The lowest BCUT2D eigenvalue weighted by Gasteiger charge is -2.38. The van der Waals surface area contributed by atoms with Crippen LogP contribution in [0.5, 0.6) is 0 Å². The Morgan fingerprint density at radius 3 is 2.32 bits per heavy atom. The van der Waals surface area contributed by atoms with E-state index < -0.39 is 8.32 Å². The van der Waals surface area contributed by atoms with E-state index >= 15 is 0 Å². The molecule has 4 heteroatoms. The number of carbonyl (C=O) groups excluding carboxylic acids is 1. The zero-order chi connectivity index (χ0) is 16.5. The van der Waals surface area contributed by atoms with Crippen molar-refractivity contribution in [2.24, 2.45) is 5.92 Å². The fourth-order valence-electron chi connectivity index (χ4n) is 2.66. The highest BCUT2D eigenvalue weighted by Crippen LogP contribution is 2.40. The predicted octanol–water partition coefficient (Wildman–Crippen LogP) is 5.25. The van der Waals surface area contributed by atoms with Crippen molar-refractivity contribution in [1.29, 1.82) is 0 Å². The summed E-state index contributed by atoms with van der Waals surface area (Å²) in [5.74, 6) is 0.385. The molecule has 122 valence electrons. The Labute approximate surface area is 140 Å². The maximum Gasteiger partial charge on any atom is 0.193 e. The lowest BCUT2D eigenvalue weighted by molar-refractivity contribution is -0.126. The number of benzene rings is 1. The summed E-state index contributed by atoms with van der Waals surface area (Å²) in [7, 11) is -1.88. The molecule has 0 aliphatic heterocycles. The first-order valence-electron chi connectivity index (χ1n) is 8.06. The van der Waals surface area contributed by atoms with Crippen LogP contribution in [0.25, 0.3) is 0 Å². The number of carbonyl (C=O) groups is 1. The summed E-state index contributed by atoms with van der Waals surface area (Å²) in [6, 6.07) is 7.80. The van der Waals surface area contributed by atoms with Gasteiger partial charge in [0.05, 0.1) is 0 Å². The molecule has 2 nitrogen and oxygen atoms in total. The molecule has 2 rings (SSSR count). The molecule has 1 saturated carbocycles. The van der Waals surface area contributed by atoms with Gasteiger partial charge in [0.15, 0.2) is 14.1 Å². The lowest BCUT2D eigenvalue weighted by Crippen LogP contribution is -2.45. The molecule has 1 aromatic carbocycles. The summed E-state index contributed by atoms with van der Waals surface area (Å²) in [4.78, 5) is 12.7. The molecule has 0 N–H and O–H groups in total. The molecule has 0 radical (unpaired) electrons. The number of hydrogen-bond acceptors (Lipinski definition) is 2. The van der Waals surface area contributed by atoms with Crippen molar-refractivity contribution >= 4 is 25.7 Å². The minimum Gasteiger partial charge on any atom is -0.407 e. The van der Waals surface area contributed by atoms with Gasteiger partial charge in [0, 0.05) is 10.9 Å². The van der Waals surface area contributed by atoms with Crippen molar-refractivity contribution in [3.8, 4) is 0 Å². The number of ketones is 1. The van der Waals surface area contributed by atoms with Gasteiger partial charge in [-0.1, -0.05) is 44.5 Å². The number of Topliss-reactive ketones (excluding diaryl/α,β-unsaturated/α-hetero) is 1. The van der Waals surface area contributed by atoms with Crippen LogP contribution in [0.1, 0.15) is 39.2 Å². The smallest absolute Gasteiger partial charge is 0.193 e. The molecule has 1 unspecified atom stereocenters. The van der Waals surface area contributed by atoms with E-state index in [0.29, 0.717) is 5.78 Å². The average molecular weight is 339 g/mol. The van der Waals surface area contributed by atoms with E-state index in [9.17, 15) is 4.79 Å². The Morgan fingerprint density at radius 2 is 1.77 bits per heavy atom. The predicted molar refractivity (Wildman–Crippen MR) is 95.0 cm³/mol. The van der Waals surface area contributed by atoms with Crippen molar-refractivity contribution in [2.75, 3.05) is 0 Å². The van der Waals surface area contributed by atoms with E-state index in [-0.39, 0.29) is 17.1 Å². The minimum absolute atomic E-state index is 0.0935. The van der Waals surface area contributed by atoms with E-state index in [1.165, 1.54) is 5.56 Å². The van der Waals surface area contributed by atoms with Crippen LogP contribution < -0.4 is 0 Å². The van der Waals surface area contributed by atoms with E-state index in [1.807, 2.05) is 24.3 Å². The Morgan fingerprint density at radius 1 is 1.18 bits per heavy atom. The summed E-state index contributed by atoms with van der Waals surface area (Å²) < 4.78 is 6.33. The topological polar surface area (TPSA) is 26.3 Å². The van der Waals surface area contributed by atoms with Gasteiger partial charge in [0.25, 0.3) is 0 Å². The van der Waals surface area contributed by atoms with Crippen molar-refractivity contribution in [3.05, 3.63) is 34.9 Å². The molecular weight excluding hydrogens is 312 g/mol. The average Bonchev–Trinajstić information content (AvgIpc) is 2.72. The minimum atomic E-state index is -1.88. The van der Waals surface area contributed by atoms with E-state index in [1.54, 1.807) is 0 Å². The van der Waals surface area contributed by atoms with Gasteiger partial charge in [-0.25, -0.2) is 0 Å². The quantitative estimate of drug-likeness (QED) is 0.700. The van der Waals surface area contributed by atoms with E-state index in [0.717, 1.165) is 24.3 Å². The maximum atomic E-state index is 12.7. The normalized spacial score (nSPS) is 23.1. The van der Waals surface area contributed by atoms with Crippen molar-refractivity contribution in [1.82, 2.24) is 0 Å². The second-order valence-corrected chi connectivity index (χ2v) is 13.1. The number of halogens is 1. The largest absolute Gasteiger partial charge is 0.407 e. The molecule has 2 atom stereocenters. The van der Waals surface area contributed by atoms with E-state index in [2.05, 4.69) is 33.9 Å². The van der Waals surface area contributed by atoms with Gasteiger partial charge in [-0.15, -0.1) is 0 Å².